The summed E-state index contributed by atoms with van der Waals surface area (Å²) in [5, 5.41) is 26.9. The van der Waals surface area contributed by atoms with Gasteiger partial charge in [0.15, 0.2) is 6.10 Å². The smallest absolute Gasteiger partial charge is 0.337 e. The molecule has 3 N–H and O–H groups in total. The van der Waals surface area contributed by atoms with Gasteiger partial charge in [-0.3, -0.25) is 0 Å². The molecule has 12 heavy (non-hydrogen) atoms. The van der Waals surface area contributed by atoms with Gasteiger partial charge in [-0.05, 0) is 6.92 Å². The fourth-order valence-corrected chi connectivity index (χ4v) is 0.756. The van der Waals surface area contributed by atoms with E-state index in [0.717, 1.165) is 7.11 Å². The second-order valence-electron chi connectivity index (χ2n) is 2.62. The van der Waals surface area contributed by atoms with Crippen LogP contribution in [0.5, 0.6) is 0 Å². The number of carbonyl (C=O) groups is 1. The summed E-state index contributed by atoms with van der Waals surface area (Å²) in [6.07, 6.45) is -3.68. The molecule has 5 nitrogen and oxygen atoms in total. The molecule has 0 radical (unpaired) electrons. The van der Waals surface area contributed by atoms with E-state index in [4.69, 9.17) is 15.3 Å². The zero-order chi connectivity index (χ0) is 9.72. The standard InChI is InChI=1S/C7H14O5/c1-4(8)3-5(9)6(10)7(11)12-2/h4-6,8-10H,3H2,1-2H3/t4-,5+,6+/m0/s1. The van der Waals surface area contributed by atoms with Crippen LogP contribution in [-0.4, -0.2) is 46.7 Å². The van der Waals surface area contributed by atoms with Gasteiger partial charge in [0, 0.05) is 6.42 Å². The fourth-order valence-electron chi connectivity index (χ4n) is 0.756. The lowest BCUT2D eigenvalue weighted by molar-refractivity contribution is -0.157. The minimum Gasteiger partial charge on any atom is -0.467 e. The molecule has 0 amide bonds. The van der Waals surface area contributed by atoms with Crippen molar-refractivity contribution in [2.45, 2.75) is 31.7 Å². The van der Waals surface area contributed by atoms with Crippen LogP contribution in [0.15, 0.2) is 0 Å². The highest BCUT2D eigenvalue weighted by molar-refractivity contribution is 5.74. The molecule has 0 saturated carbocycles. The monoisotopic (exact) mass is 178 g/mol. The van der Waals surface area contributed by atoms with Crippen LogP contribution in [0.3, 0.4) is 0 Å². The summed E-state index contributed by atoms with van der Waals surface area (Å²) < 4.78 is 4.18. The van der Waals surface area contributed by atoms with Crippen LogP contribution < -0.4 is 0 Å². The van der Waals surface area contributed by atoms with E-state index in [1.165, 1.54) is 6.92 Å². The van der Waals surface area contributed by atoms with Crippen LogP contribution in [0.4, 0.5) is 0 Å². The number of hydrogen-bond acceptors (Lipinski definition) is 5. The van der Waals surface area contributed by atoms with E-state index in [2.05, 4.69) is 4.74 Å². The molecule has 0 rings (SSSR count). The van der Waals surface area contributed by atoms with Gasteiger partial charge in [0.05, 0.1) is 19.3 Å². The first kappa shape index (κ1) is 11.4. The van der Waals surface area contributed by atoms with Gasteiger partial charge < -0.3 is 20.1 Å². The molecule has 0 unspecified atom stereocenters. The first-order valence-corrected chi connectivity index (χ1v) is 3.61. The van der Waals surface area contributed by atoms with Gasteiger partial charge in [0.1, 0.15) is 0 Å². The number of hydrogen-bond donors (Lipinski definition) is 3. The van der Waals surface area contributed by atoms with Crippen molar-refractivity contribution < 1.29 is 24.9 Å². The van der Waals surface area contributed by atoms with Crippen LogP contribution in [-0.2, 0) is 9.53 Å². The second kappa shape index (κ2) is 5.08. The maximum absolute atomic E-state index is 10.6. The Morgan fingerprint density at radius 3 is 2.25 bits per heavy atom. The van der Waals surface area contributed by atoms with Crippen molar-refractivity contribution in [3.05, 3.63) is 0 Å². The summed E-state index contributed by atoms with van der Waals surface area (Å²) >= 11 is 0. The Bertz CT molecular complexity index is 145. The average molecular weight is 178 g/mol. The number of aliphatic hydroxyl groups excluding tert-OH is 3. The lowest BCUT2D eigenvalue weighted by Crippen LogP contribution is -2.36. The van der Waals surface area contributed by atoms with E-state index < -0.39 is 24.3 Å². The molecule has 0 bridgehead atoms. The number of aliphatic hydroxyl groups is 3. The topological polar surface area (TPSA) is 87.0 Å². The van der Waals surface area contributed by atoms with Crippen molar-refractivity contribution in [2.24, 2.45) is 0 Å². The molecule has 72 valence electrons. The van der Waals surface area contributed by atoms with Crippen molar-refractivity contribution in [1.82, 2.24) is 0 Å². The van der Waals surface area contributed by atoms with Crippen molar-refractivity contribution in [1.29, 1.82) is 0 Å². The Kier molecular flexibility index (Phi) is 4.80. The molecule has 0 saturated heterocycles. The SMILES string of the molecule is COC(=O)[C@H](O)[C@H](O)C[C@H](C)O. The van der Waals surface area contributed by atoms with E-state index in [1.54, 1.807) is 0 Å². The predicted molar refractivity (Wildman–Crippen MR) is 40.3 cm³/mol. The summed E-state index contributed by atoms with van der Waals surface area (Å²) in [7, 11) is 1.11. The number of methoxy groups -OCH3 is 1. The van der Waals surface area contributed by atoms with Crippen LogP contribution in [0.1, 0.15) is 13.3 Å². The van der Waals surface area contributed by atoms with Gasteiger partial charge >= 0.3 is 5.97 Å². The molecule has 0 aromatic heterocycles. The van der Waals surface area contributed by atoms with Gasteiger partial charge in [0.2, 0.25) is 0 Å². The van der Waals surface area contributed by atoms with E-state index in [0.29, 0.717) is 0 Å². The quantitative estimate of drug-likeness (QED) is 0.463. The van der Waals surface area contributed by atoms with Crippen LogP contribution in [0.25, 0.3) is 0 Å². The third kappa shape index (κ3) is 3.66. The van der Waals surface area contributed by atoms with E-state index in [1.807, 2.05) is 0 Å². The van der Waals surface area contributed by atoms with Crippen LogP contribution >= 0.6 is 0 Å². The van der Waals surface area contributed by atoms with E-state index in [9.17, 15) is 4.79 Å². The van der Waals surface area contributed by atoms with Gasteiger partial charge in [-0.2, -0.15) is 0 Å². The summed E-state index contributed by atoms with van der Waals surface area (Å²) in [5.74, 6) is -0.900. The molecular weight excluding hydrogens is 164 g/mol. The first-order chi connectivity index (χ1) is 5.49. The molecule has 0 aliphatic rings. The van der Waals surface area contributed by atoms with Crippen molar-refractivity contribution in [2.75, 3.05) is 7.11 Å². The second-order valence-corrected chi connectivity index (χ2v) is 2.62. The Labute approximate surface area is 70.6 Å². The molecule has 0 heterocycles. The third-order valence-electron chi connectivity index (χ3n) is 1.39. The molecule has 0 fully saturated rings. The highest BCUT2D eigenvalue weighted by atomic mass is 16.5. The molecule has 0 aliphatic carbocycles. The summed E-state index contributed by atoms with van der Waals surface area (Å²) in [4.78, 5) is 10.6. The van der Waals surface area contributed by atoms with Crippen LogP contribution in [0.2, 0.25) is 0 Å². The van der Waals surface area contributed by atoms with Crippen molar-refractivity contribution in [3.63, 3.8) is 0 Å². The van der Waals surface area contributed by atoms with Gasteiger partial charge in [-0.25, -0.2) is 4.79 Å². The largest absolute Gasteiger partial charge is 0.467 e. The predicted octanol–water partition coefficient (Wildman–Crippen LogP) is -1.35. The Morgan fingerprint density at radius 1 is 1.42 bits per heavy atom. The van der Waals surface area contributed by atoms with Crippen molar-refractivity contribution in [3.8, 4) is 0 Å². The summed E-state index contributed by atoms with van der Waals surface area (Å²) in [6, 6.07) is 0. The Hall–Kier alpha value is -0.650. The fraction of sp³-hybridized carbons (Fsp3) is 0.857. The number of esters is 1. The lowest BCUT2D eigenvalue weighted by Gasteiger charge is -2.16. The van der Waals surface area contributed by atoms with Gasteiger partial charge in [0.25, 0.3) is 0 Å². The molecule has 0 aromatic carbocycles. The van der Waals surface area contributed by atoms with Gasteiger partial charge in [-0.15, -0.1) is 0 Å². The number of rotatable bonds is 4. The zero-order valence-corrected chi connectivity index (χ0v) is 7.10. The molecule has 0 aromatic rings. The van der Waals surface area contributed by atoms with E-state index in [-0.39, 0.29) is 6.42 Å². The Balaban J connectivity index is 3.91. The normalized spacial score (nSPS) is 18.1. The maximum atomic E-state index is 10.6. The average Bonchev–Trinajstić information content (AvgIpc) is 2.00. The third-order valence-corrected chi connectivity index (χ3v) is 1.39. The molecule has 3 atom stereocenters. The van der Waals surface area contributed by atoms with Crippen molar-refractivity contribution >= 4 is 5.97 Å². The maximum Gasteiger partial charge on any atom is 0.337 e. The lowest BCUT2D eigenvalue weighted by atomic mass is 10.1. The summed E-state index contributed by atoms with van der Waals surface area (Å²) in [6.45, 7) is 1.45. The highest BCUT2D eigenvalue weighted by Crippen LogP contribution is 2.03. The highest BCUT2D eigenvalue weighted by Gasteiger charge is 2.25. The molecule has 5 heteroatoms. The minimum atomic E-state index is -1.58. The minimum absolute atomic E-state index is 0.0593. The molecular formula is C7H14O5. The molecule has 0 aliphatic heterocycles. The van der Waals surface area contributed by atoms with E-state index >= 15 is 0 Å². The first-order valence-electron chi connectivity index (χ1n) is 3.61. The zero-order valence-electron chi connectivity index (χ0n) is 7.10. The summed E-state index contributed by atoms with van der Waals surface area (Å²) in [5.41, 5.74) is 0. The number of ether oxygens (including phenoxy) is 1. The number of carbonyl (C=O) groups excluding carboxylic acids is 1. The van der Waals surface area contributed by atoms with Gasteiger partial charge in [-0.1, -0.05) is 0 Å². The Morgan fingerprint density at radius 2 is 1.92 bits per heavy atom. The van der Waals surface area contributed by atoms with Crippen LogP contribution in [0, 0.1) is 0 Å². The molecule has 0 spiro atoms.